The second kappa shape index (κ2) is 29.0. The third-order valence-electron chi connectivity index (χ3n) is 14.0. The summed E-state index contributed by atoms with van der Waals surface area (Å²) in [6.07, 6.45) is -2.57. The monoisotopic (exact) mass is 1160 g/mol. The maximum atomic E-state index is 12.9. The minimum atomic E-state index is -1.55. The topological polar surface area (TPSA) is 260 Å². The molecule has 18 nitrogen and oxygen atoms in total. The molecule has 0 unspecified atom stereocenters. The van der Waals surface area contributed by atoms with Gasteiger partial charge in [0.2, 0.25) is 11.8 Å². The summed E-state index contributed by atoms with van der Waals surface area (Å²) in [6.45, 7) is 9.94. The molecule has 86 heavy (non-hydrogen) atoms. The van der Waals surface area contributed by atoms with Crippen LogP contribution >= 0.6 is 0 Å². The van der Waals surface area contributed by atoms with Gasteiger partial charge in [-0.2, -0.15) is 5.48 Å². The summed E-state index contributed by atoms with van der Waals surface area (Å²) >= 11 is 0. The number of hydrogen-bond donors (Lipinski definition) is 4. The molecule has 4 N–H and O–H groups in total. The Kier molecular flexibility index (Phi) is 21.1. The standard InChI is InChI=1S/C39H35N3O6.C29H39N3O6/c43-36(26-48-42-39(27-14-4-1-5-15-27,28-16-6-2-7-17-28)29-18-8-3-9-19-29)40-24-35(37(44)45)41-38(46)47-25-34-32-22-12-10-20-30(32)31-21-11-13-23-33(31)34;1-28(2,3)37-18-24(32-27(35)38-29(4,5)6)25(33)30-15-16-31-26(34)36-17-23-21-13-9-7-11-19(21)20-12-8-10-14-22(20)23/h1-23,34-35,42H,24-26H2,(H,40,43)(H,41,46)(H,44,45);7-14,23-24H,15-18H2,1-6H3,(H,30,33)(H,31,34)(H,32,35)/p-3/t35-;24-/m10/s1. The smallest absolute Gasteiger partial charge is 0.330 e. The first kappa shape index (κ1) is 62.7. The molecule has 0 fully saturated rings. The molecule has 0 radical (unpaired) electrons. The number of ether oxygens (including phenoxy) is 4. The third kappa shape index (κ3) is 16.5. The number of carboxylic acids is 1. The molecule has 2 aliphatic carbocycles. The fourth-order valence-corrected chi connectivity index (χ4v) is 10.2. The van der Waals surface area contributed by atoms with Crippen LogP contribution in [0.2, 0.25) is 0 Å². The van der Waals surface area contributed by atoms with Gasteiger partial charge in [-0.25, -0.2) is 4.79 Å². The highest BCUT2D eigenvalue weighted by molar-refractivity contribution is 5.84. The average Bonchev–Trinajstić information content (AvgIpc) is 1.34. The van der Waals surface area contributed by atoms with E-state index in [9.17, 15) is 34.8 Å². The minimum Gasteiger partial charge on any atom is -0.599 e. The number of rotatable bonds is 22. The summed E-state index contributed by atoms with van der Waals surface area (Å²) in [5.41, 5.74) is 12.3. The summed E-state index contributed by atoms with van der Waals surface area (Å²) in [6, 6.07) is 58.5. The Labute approximate surface area is 501 Å². The number of carboxylic acid groups (broad SMARTS) is 1. The van der Waals surface area contributed by atoms with E-state index in [1.165, 1.54) is 0 Å². The zero-order valence-electron chi connectivity index (χ0n) is 48.9. The largest absolute Gasteiger partial charge is 0.599 e. The zero-order valence-corrected chi connectivity index (χ0v) is 48.9. The van der Waals surface area contributed by atoms with Crippen LogP contribution in [0.4, 0.5) is 0 Å². The molecule has 0 spiro atoms. The van der Waals surface area contributed by atoms with E-state index in [1.54, 1.807) is 20.8 Å². The van der Waals surface area contributed by atoms with Gasteiger partial charge in [-0.1, -0.05) is 209 Å². The molecule has 18 heteroatoms. The maximum Gasteiger partial charge on any atom is 0.330 e. The lowest BCUT2D eigenvalue weighted by molar-refractivity contribution is -0.261. The lowest BCUT2D eigenvalue weighted by Gasteiger charge is -2.36. The molecule has 9 rings (SSSR count). The van der Waals surface area contributed by atoms with Crippen molar-refractivity contribution < 1.29 is 58.6 Å². The van der Waals surface area contributed by atoms with Crippen LogP contribution in [0.1, 0.15) is 92.3 Å². The molecule has 7 aromatic carbocycles. The first-order valence-corrected chi connectivity index (χ1v) is 28.3. The van der Waals surface area contributed by atoms with E-state index in [-0.39, 0.29) is 44.7 Å². The highest BCUT2D eigenvalue weighted by Crippen LogP contribution is 2.46. The Morgan fingerprint density at radius 3 is 1.35 bits per heavy atom. The molecule has 2 aliphatic rings. The van der Waals surface area contributed by atoms with Gasteiger partial charge in [0.25, 0.3) is 0 Å². The van der Waals surface area contributed by atoms with Crippen LogP contribution in [-0.2, 0) is 43.7 Å². The van der Waals surface area contributed by atoms with Gasteiger partial charge >= 0.3 is 5.97 Å². The van der Waals surface area contributed by atoms with Gasteiger partial charge in [0.15, 0.2) is 12.1 Å². The highest BCUT2D eigenvalue weighted by atomic mass is 16.7. The van der Waals surface area contributed by atoms with Crippen molar-refractivity contribution in [2.75, 3.05) is 46.1 Å². The van der Waals surface area contributed by atoms with Crippen molar-refractivity contribution in [1.29, 1.82) is 0 Å². The number of carbonyl (C=O) groups excluding carboxylic acids is 2. The first-order valence-electron chi connectivity index (χ1n) is 28.3. The Morgan fingerprint density at radius 1 is 0.523 bits per heavy atom. The van der Waals surface area contributed by atoms with Gasteiger partial charge in [0.05, 0.1) is 25.3 Å². The van der Waals surface area contributed by atoms with Crippen molar-refractivity contribution in [1.82, 2.24) is 16.1 Å². The van der Waals surface area contributed by atoms with Crippen molar-refractivity contribution in [3.8, 4) is 22.3 Å². The normalized spacial score (nSPS) is 14.0. The lowest BCUT2D eigenvalue weighted by Crippen LogP contribution is -2.46. The molecule has 0 bridgehead atoms. The van der Waals surface area contributed by atoms with Gasteiger partial charge in [0.1, 0.15) is 30.4 Å². The number of hydrogen-bond acceptors (Lipinski definition) is 15. The van der Waals surface area contributed by atoms with Crippen LogP contribution in [0.15, 0.2) is 203 Å². The molecule has 0 heterocycles. The van der Waals surface area contributed by atoms with Crippen molar-refractivity contribution in [2.24, 2.45) is 15.0 Å². The first-order chi connectivity index (χ1) is 41.3. The van der Waals surface area contributed by atoms with Crippen LogP contribution in [0.5, 0.6) is 0 Å². The summed E-state index contributed by atoms with van der Waals surface area (Å²) < 4.78 is 21.7. The number of carbonyl (C=O) groups is 3. The molecule has 0 aromatic heterocycles. The van der Waals surface area contributed by atoms with Gasteiger partial charge in [-0.15, -0.1) is 0 Å². The molecular formula is C68H71N6O12-3. The van der Waals surface area contributed by atoms with Crippen LogP contribution in [0.3, 0.4) is 0 Å². The average molecular weight is 1160 g/mol. The van der Waals surface area contributed by atoms with Crippen molar-refractivity contribution >= 4 is 36.0 Å². The number of aliphatic carboxylic acids is 1. The summed E-state index contributed by atoms with van der Waals surface area (Å²) in [5, 5.41) is 52.0. The van der Waals surface area contributed by atoms with Gasteiger partial charge < -0.3 is 50.0 Å². The van der Waals surface area contributed by atoms with Gasteiger partial charge in [-0.3, -0.25) is 29.4 Å². The number of nitrogens with zero attached hydrogens (tertiary/aromatic N) is 3. The van der Waals surface area contributed by atoms with Crippen LogP contribution in [0.25, 0.3) is 22.3 Å². The van der Waals surface area contributed by atoms with Gasteiger partial charge in [0, 0.05) is 37.2 Å². The third-order valence-corrected chi connectivity index (χ3v) is 14.0. The maximum absolute atomic E-state index is 12.9. The molecular weight excluding hydrogens is 1090 g/mol. The molecule has 2 amide bonds. The lowest BCUT2D eigenvalue weighted by atomic mass is 9.78. The van der Waals surface area contributed by atoms with Crippen molar-refractivity contribution in [3.05, 3.63) is 227 Å². The Hall–Kier alpha value is -9.36. The second-order valence-corrected chi connectivity index (χ2v) is 22.4. The molecule has 7 aromatic rings. The molecule has 0 saturated heterocycles. The van der Waals surface area contributed by atoms with E-state index in [4.69, 9.17) is 23.8 Å². The van der Waals surface area contributed by atoms with E-state index in [1.807, 2.05) is 197 Å². The molecule has 0 saturated carbocycles. The summed E-state index contributed by atoms with van der Waals surface area (Å²) in [7, 11) is 0. The number of nitrogens with one attached hydrogen (secondary N) is 3. The van der Waals surface area contributed by atoms with Gasteiger partial charge in [-0.05, 0) is 82.0 Å². The summed E-state index contributed by atoms with van der Waals surface area (Å²) in [4.78, 5) is 54.8. The van der Waals surface area contributed by atoms with Crippen LogP contribution < -0.4 is 31.4 Å². The van der Waals surface area contributed by atoms with Crippen molar-refractivity contribution in [2.45, 2.75) is 82.2 Å². The Bertz CT molecular complexity index is 3300. The van der Waals surface area contributed by atoms with E-state index in [0.717, 1.165) is 61.2 Å². The second-order valence-electron chi connectivity index (χ2n) is 22.4. The Morgan fingerprint density at radius 2 is 0.930 bits per heavy atom. The van der Waals surface area contributed by atoms with Crippen LogP contribution in [0, 0.1) is 0 Å². The SMILES string of the molecule is CC(C)(C)OC[C@H](N=C([O-])OC(C)(C)C)C(=O)NCCN=C([O-])OCC1c2ccccc2-c2ccccc21.O=C(CONC(c1ccccc1)(c1ccccc1)c1ccccc1)NC[C@@H](N=C([O-])OCC1c2ccccc2-c2ccccc21)C(=O)O. The summed E-state index contributed by atoms with van der Waals surface area (Å²) in [5.74, 6) is -2.75. The predicted molar refractivity (Wildman–Crippen MR) is 323 cm³/mol. The quantitative estimate of drug-likeness (QED) is 0.0176. The number of amides is 2. The number of benzene rings is 7. The Balaban J connectivity index is 0.000000230. The molecule has 0 aliphatic heterocycles. The van der Waals surface area contributed by atoms with E-state index in [2.05, 4.69) is 43.2 Å². The number of fused-ring (bicyclic) bond motifs is 6. The predicted octanol–water partition coefficient (Wildman–Crippen LogP) is 6.98. The number of aliphatic imine (C=N–C) groups is 3. The molecule has 2 atom stereocenters. The van der Waals surface area contributed by atoms with Crippen molar-refractivity contribution in [3.63, 3.8) is 0 Å². The van der Waals surface area contributed by atoms with E-state index in [0.29, 0.717) is 0 Å². The van der Waals surface area contributed by atoms with Crippen LogP contribution in [-0.4, -0.2) is 110 Å². The van der Waals surface area contributed by atoms with E-state index >= 15 is 0 Å². The zero-order chi connectivity index (χ0) is 61.3. The number of hydroxylamine groups is 1. The molecule has 448 valence electrons. The highest BCUT2D eigenvalue weighted by Gasteiger charge is 2.37. The fourth-order valence-electron chi connectivity index (χ4n) is 10.2. The minimum absolute atomic E-state index is 0.000556. The van der Waals surface area contributed by atoms with E-state index < -0.39 is 78.0 Å². The fraction of sp³-hybridized carbons (Fsp3) is 0.294.